The van der Waals surface area contributed by atoms with Gasteiger partial charge in [0, 0.05) is 61.6 Å². The Morgan fingerprint density at radius 2 is 1.15 bits per heavy atom. The quantitative estimate of drug-likeness (QED) is 0.113. The van der Waals surface area contributed by atoms with E-state index < -0.39 is 7.12 Å². The van der Waals surface area contributed by atoms with Gasteiger partial charge in [-0.15, -0.1) is 0 Å². The smallest absolute Gasteiger partial charge is 0.423 e. The number of imidazole rings is 2. The predicted octanol–water partition coefficient (Wildman–Crippen LogP) is 7.40. The van der Waals surface area contributed by atoms with Crippen LogP contribution in [0.3, 0.4) is 0 Å². The van der Waals surface area contributed by atoms with Crippen LogP contribution in [0.2, 0.25) is 5.15 Å². The summed E-state index contributed by atoms with van der Waals surface area (Å²) in [5.74, 6) is 3.60. The molecule has 0 saturated carbocycles. The molecule has 14 nitrogen and oxygen atoms in total. The highest BCUT2D eigenvalue weighted by Crippen LogP contribution is 2.30. The molecule has 2 aliphatic rings. The molecule has 8 heterocycles. The molecule has 6 aromatic heterocycles. The monoisotopic (exact) mass is 820 g/mol. The standard InChI is InChI=1S/C22H22N6.C16H17ClN6.C6H7BO2/c1-16-7-6-13-27(16)21-11-5-10-20(25-21)24-19-15-18(17-8-3-2-4-9-17)26-28-14-12-23-22(19)28;1-11-4-3-8-22(11)15-6-2-5-14(20-15)19-12-10-13(17)21-23-9-7-18-16(12)23;8-7(9)6-4-2-1-3-5-6/h2-5,8-12,14-16H,6-7,13H2,1H3,(H,24,25);2,5-7,9-11H,3-4,8H2,1H3,(H,19,20);1-5,8-9H. The fourth-order valence-corrected chi connectivity index (χ4v) is 7.68. The average molecular weight is 821 g/mol. The van der Waals surface area contributed by atoms with Crippen molar-refractivity contribution in [3.8, 4) is 11.3 Å². The van der Waals surface area contributed by atoms with Crippen molar-refractivity contribution in [1.82, 2.24) is 39.2 Å². The summed E-state index contributed by atoms with van der Waals surface area (Å²) >= 11 is 6.07. The Morgan fingerprint density at radius 3 is 1.65 bits per heavy atom. The van der Waals surface area contributed by atoms with Crippen LogP contribution in [0.4, 0.5) is 34.6 Å². The van der Waals surface area contributed by atoms with E-state index >= 15 is 0 Å². The van der Waals surface area contributed by atoms with Gasteiger partial charge in [0.25, 0.3) is 0 Å². The Kier molecular flexibility index (Phi) is 12.5. The van der Waals surface area contributed by atoms with Crippen LogP contribution in [0.5, 0.6) is 0 Å². The van der Waals surface area contributed by atoms with Gasteiger partial charge >= 0.3 is 7.12 Å². The second-order valence-electron chi connectivity index (χ2n) is 14.7. The summed E-state index contributed by atoms with van der Waals surface area (Å²) in [6, 6.07) is 35.8. The lowest BCUT2D eigenvalue weighted by molar-refractivity contribution is 0.426. The van der Waals surface area contributed by atoms with Gasteiger partial charge in [0.1, 0.15) is 23.3 Å². The number of hydrogen-bond acceptors (Lipinski definition) is 12. The van der Waals surface area contributed by atoms with Crippen molar-refractivity contribution in [2.45, 2.75) is 51.6 Å². The topological polar surface area (TPSA) is 157 Å². The molecule has 2 saturated heterocycles. The number of rotatable bonds is 8. The minimum atomic E-state index is -1.34. The maximum atomic E-state index is 8.58. The Morgan fingerprint density at radius 1 is 0.633 bits per heavy atom. The van der Waals surface area contributed by atoms with Crippen molar-refractivity contribution in [3.05, 3.63) is 139 Å². The Hall–Kier alpha value is -6.55. The zero-order valence-electron chi connectivity index (χ0n) is 33.4. The zero-order chi connectivity index (χ0) is 41.4. The third kappa shape index (κ3) is 9.49. The van der Waals surface area contributed by atoms with E-state index in [1.54, 1.807) is 58.0 Å². The Bertz CT molecular complexity index is 2650. The van der Waals surface area contributed by atoms with Crippen LogP contribution in [0, 0.1) is 0 Å². The van der Waals surface area contributed by atoms with E-state index in [9.17, 15) is 0 Å². The molecule has 0 spiro atoms. The van der Waals surface area contributed by atoms with E-state index in [1.165, 1.54) is 25.7 Å². The molecule has 0 aliphatic carbocycles. The summed E-state index contributed by atoms with van der Waals surface area (Å²) in [5.41, 5.74) is 5.65. The lowest BCUT2D eigenvalue weighted by Gasteiger charge is -2.23. The van der Waals surface area contributed by atoms with E-state index in [1.807, 2.05) is 54.7 Å². The maximum absolute atomic E-state index is 8.58. The minimum Gasteiger partial charge on any atom is -0.423 e. The molecule has 0 radical (unpaired) electrons. The van der Waals surface area contributed by atoms with Gasteiger partial charge in [0.2, 0.25) is 0 Å². The fourth-order valence-electron chi connectivity index (χ4n) is 7.49. The van der Waals surface area contributed by atoms with Crippen molar-refractivity contribution in [3.63, 3.8) is 0 Å². The molecule has 0 amide bonds. The van der Waals surface area contributed by atoms with E-state index in [0.717, 1.165) is 70.3 Å². The van der Waals surface area contributed by atoms with Crippen LogP contribution in [0.15, 0.2) is 134 Å². The minimum absolute atomic E-state index is 0.405. The lowest BCUT2D eigenvalue weighted by Crippen LogP contribution is -2.29. The maximum Gasteiger partial charge on any atom is 0.488 e. The van der Waals surface area contributed by atoms with Crippen LogP contribution in [-0.4, -0.2) is 81.5 Å². The first kappa shape index (κ1) is 40.2. The number of fused-ring (bicyclic) bond motifs is 2. The highest BCUT2D eigenvalue weighted by atomic mass is 35.5. The van der Waals surface area contributed by atoms with E-state index in [0.29, 0.717) is 22.7 Å². The highest BCUT2D eigenvalue weighted by Gasteiger charge is 2.23. The first-order valence-electron chi connectivity index (χ1n) is 20.1. The molecule has 8 aromatic rings. The molecule has 2 fully saturated rings. The van der Waals surface area contributed by atoms with Crippen molar-refractivity contribution in [2.24, 2.45) is 0 Å². The van der Waals surface area contributed by atoms with E-state index in [4.69, 9.17) is 31.6 Å². The second kappa shape index (κ2) is 18.6. The van der Waals surface area contributed by atoms with Gasteiger partial charge in [-0.1, -0.05) is 84.4 Å². The Labute approximate surface area is 353 Å². The number of pyridine rings is 2. The van der Waals surface area contributed by atoms with Crippen LogP contribution in [-0.2, 0) is 0 Å². The molecule has 16 heteroatoms. The van der Waals surface area contributed by atoms with Gasteiger partial charge in [-0.25, -0.2) is 29.0 Å². The number of nitrogens with one attached hydrogen (secondary N) is 2. The number of anilines is 6. The van der Waals surface area contributed by atoms with Crippen LogP contribution in [0.1, 0.15) is 39.5 Å². The molecule has 2 aliphatic heterocycles. The fraction of sp³-hybridized carbons (Fsp3) is 0.227. The van der Waals surface area contributed by atoms with Gasteiger partial charge in [0.05, 0.1) is 17.1 Å². The van der Waals surface area contributed by atoms with Gasteiger partial charge in [0.15, 0.2) is 16.4 Å². The van der Waals surface area contributed by atoms with E-state index in [-0.39, 0.29) is 0 Å². The summed E-state index contributed by atoms with van der Waals surface area (Å²) < 4.78 is 3.45. The first-order chi connectivity index (χ1) is 29.3. The lowest BCUT2D eigenvalue weighted by atomic mass is 9.81. The SMILES string of the molecule is CC1CCCN1c1cccc(Nc2cc(-c3ccccc3)nn3ccnc23)n1.CC1CCCN1c1cccc(Nc2cc(Cl)nn3ccnc23)n1.OB(O)c1ccccc1. The largest absolute Gasteiger partial charge is 0.488 e. The summed E-state index contributed by atoms with van der Waals surface area (Å²) in [6.07, 6.45) is 12.0. The number of benzene rings is 2. The molecule has 60 heavy (non-hydrogen) atoms. The average Bonchev–Trinajstić information content (AvgIpc) is 4.11. The zero-order valence-corrected chi connectivity index (χ0v) is 34.2. The number of halogens is 1. The highest BCUT2D eigenvalue weighted by molar-refractivity contribution is 6.58. The van der Waals surface area contributed by atoms with Crippen LogP contribution >= 0.6 is 11.6 Å². The Balaban J connectivity index is 0.000000140. The molecular weight excluding hydrogens is 775 g/mol. The molecule has 2 atom stereocenters. The second-order valence-corrected chi connectivity index (χ2v) is 15.1. The molecule has 304 valence electrons. The molecule has 2 unspecified atom stereocenters. The number of aromatic nitrogens is 8. The number of nitrogens with zero attached hydrogens (tertiary/aromatic N) is 10. The molecule has 0 bridgehead atoms. The van der Waals surface area contributed by atoms with Gasteiger partial charge in [-0.3, -0.25) is 0 Å². The number of hydrogen-bond donors (Lipinski definition) is 4. The van der Waals surface area contributed by atoms with Crippen molar-refractivity contribution in [2.75, 3.05) is 33.5 Å². The van der Waals surface area contributed by atoms with Crippen molar-refractivity contribution >= 4 is 70.1 Å². The van der Waals surface area contributed by atoms with Gasteiger partial charge in [-0.05, 0) is 75.3 Å². The first-order valence-corrected chi connectivity index (χ1v) is 20.5. The van der Waals surface area contributed by atoms with Gasteiger partial charge < -0.3 is 30.5 Å². The molecule has 10 rings (SSSR count). The van der Waals surface area contributed by atoms with Gasteiger partial charge in [-0.2, -0.15) is 10.2 Å². The predicted molar refractivity (Wildman–Crippen MR) is 240 cm³/mol. The normalized spacial score (nSPS) is 15.9. The summed E-state index contributed by atoms with van der Waals surface area (Å²) in [7, 11) is -1.34. The summed E-state index contributed by atoms with van der Waals surface area (Å²) in [5, 5.41) is 33.2. The van der Waals surface area contributed by atoms with E-state index in [2.05, 4.69) is 84.8 Å². The summed E-state index contributed by atoms with van der Waals surface area (Å²) in [6.45, 7) is 6.63. The van der Waals surface area contributed by atoms with Crippen molar-refractivity contribution in [1.29, 1.82) is 0 Å². The summed E-state index contributed by atoms with van der Waals surface area (Å²) in [4.78, 5) is 23.1. The third-order valence-electron chi connectivity index (χ3n) is 10.5. The van der Waals surface area contributed by atoms with Crippen LogP contribution in [0.25, 0.3) is 22.6 Å². The van der Waals surface area contributed by atoms with Crippen LogP contribution < -0.4 is 25.9 Å². The van der Waals surface area contributed by atoms with Crippen molar-refractivity contribution < 1.29 is 10.0 Å². The molecule has 2 aromatic carbocycles. The molecule has 4 N–H and O–H groups in total. The molecular formula is C44H46BClN12O2. The third-order valence-corrected chi connectivity index (χ3v) is 10.7.